The van der Waals surface area contributed by atoms with Gasteiger partial charge in [0.25, 0.3) is 0 Å². The number of hydrogen-bond donors (Lipinski definition) is 1. The van der Waals surface area contributed by atoms with Crippen LogP contribution in [0, 0.1) is 5.92 Å². The fraction of sp³-hybridized carbons (Fsp3) is 0.444. The van der Waals surface area contributed by atoms with Gasteiger partial charge in [-0.2, -0.15) is 0 Å². The second kappa shape index (κ2) is 6.76. The molecule has 0 spiro atoms. The number of benzene rings is 1. The fourth-order valence-corrected chi connectivity index (χ4v) is 2.46. The number of nitrogens with one attached hydrogen (secondary N) is 1. The van der Waals surface area contributed by atoms with Crippen LogP contribution in [0.2, 0.25) is 0 Å². The summed E-state index contributed by atoms with van der Waals surface area (Å²) in [6.07, 6.45) is 3.21. The molecule has 0 bridgehead atoms. The molecule has 0 fully saturated rings. The van der Waals surface area contributed by atoms with Crippen LogP contribution in [-0.2, 0) is 13.1 Å². The predicted molar refractivity (Wildman–Crippen MR) is 87.9 cm³/mol. The van der Waals surface area contributed by atoms with Gasteiger partial charge in [0.2, 0.25) is 0 Å². The molecular weight excluding hydrogens is 244 g/mol. The minimum Gasteiger partial charge on any atom is -0.343 e. The maximum absolute atomic E-state index is 4.13. The van der Waals surface area contributed by atoms with E-state index in [1.165, 1.54) is 22.0 Å². The van der Waals surface area contributed by atoms with Gasteiger partial charge in [-0.3, -0.25) is 0 Å². The number of aromatic nitrogens is 1. The first-order chi connectivity index (χ1) is 9.61. The molecule has 108 valence electrons. The third kappa shape index (κ3) is 3.51. The summed E-state index contributed by atoms with van der Waals surface area (Å²) in [4.78, 5) is 0. The standard InChI is InChI=1S/C18H26N2/c1-5-15(4)13-20-10-9-16-7-6-8-17(18(16)20)12-19-11-14(2)3/h6-10,14,19H,4-5,11-13H2,1-3H3. The van der Waals surface area contributed by atoms with Crippen LogP contribution in [0.25, 0.3) is 10.9 Å². The molecule has 0 amide bonds. The Morgan fingerprint density at radius 2 is 2.10 bits per heavy atom. The maximum atomic E-state index is 4.13. The van der Waals surface area contributed by atoms with Gasteiger partial charge in [-0.05, 0) is 35.9 Å². The van der Waals surface area contributed by atoms with Crippen molar-refractivity contribution in [3.8, 4) is 0 Å². The third-order valence-corrected chi connectivity index (χ3v) is 3.63. The van der Waals surface area contributed by atoms with Crippen molar-refractivity contribution in [3.63, 3.8) is 0 Å². The van der Waals surface area contributed by atoms with E-state index in [1.807, 2.05) is 0 Å². The largest absolute Gasteiger partial charge is 0.343 e. The second-order valence-corrected chi connectivity index (χ2v) is 5.93. The van der Waals surface area contributed by atoms with Crippen LogP contribution in [0.3, 0.4) is 0 Å². The summed E-state index contributed by atoms with van der Waals surface area (Å²) in [5.74, 6) is 0.681. The number of hydrogen-bond acceptors (Lipinski definition) is 1. The van der Waals surface area contributed by atoms with Gasteiger partial charge in [0.05, 0.1) is 5.52 Å². The van der Waals surface area contributed by atoms with Gasteiger partial charge in [0, 0.05) is 19.3 Å². The average Bonchev–Trinajstić information content (AvgIpc) is 2.82. The summed E-state index contributed by atoms with van der Waals surface area (Å²) in [6.45, 7) is 13.7. The van der Waals surface area contributed by atoms with E-state index in [0.29, 0.717) is 5.92 Å². The van der Waals surface area contributed by atoms with E-state index >= 15 is 0 Å². The number of para-hydroxylation sites is 1. The Morgan fingerprint density at radius 1 is 1.30 bits per heavy atom. The molecule has 0 saturated carbocycles. The molecule has 0 aliphatic heterocycles. The lowest BCUT2D eigenvalue weighted by Gasteiger charge is -2.12. The fourth-order valence-electron chi connectivity index (χ4n) is 2.46. The van der Waals surface area contributed by atoms with Crippen molar-refractivity contribution in [2.45, 2.75) is 40.3 Å². The Kier molecular flexibility index (Phi) is 5.02. The number of allylic oxidation sites excluding steroid dienone is 1. The Morgan fingerprint density at radius 3 is 2.80 bits per heavy atom. The minimum atomic E-state index is 0.681. The normalized spacial score (nSPS) is 11.4. The highest BCUT2D eigenvalue weighted by atomic mass is 15.0. The van der Waals surface area contributed by atoms with E-state index in [1.54, 1.807) is 0 Å². The van der Waals surface area contributed by atoms with Crippen LogP contribution in [-0.4, -0.2) is 11.1 Å². The quantitative estimate of drug-likeness (QED) is 0.740. The Labute approximate surface area is 122 Å². The van der Waals surface area contributed by atoms with Gasteiger partial charge in [-0.1, -0.05) is 51.1 Å². The molecule has 0 unspecified atom stereocenters. The predicted octanol–water partition coefficient (Wildman–Crippen LogP) is 4.35. The molecule has 2 nitrogen and oxygen atoms in total. The van der Waals surface area contributed by atoms with Crippen LogP contribution >= 0.6 is 0 Å². The average molecular weight is 270 g/mol. The molecule has 2 aromatic rings. The Balaban J connectivity index is 2.24. The summed E-state index contributed by atoms with van der Waals surface area (Å²) >= 11 is 0. The molecule has 0 aliphatic rings. The summed E-state index contributed by atoms with van der Waals surface area (Å²) < 4.78 is 2.33. The SMILES string of the molecule is C=C(CC)Cn1ccc2cccc(CNCC(C)C)c21. The Hall–Kier alpha value is -1.54. The summed E-state index contributed by atoms with van der Waals surface area (Å²) in [7, 11) is 0. The smallest absolute Gasteiger partial charge is 0.0528 e. The number of rotatable bonds is 7. The second-order valence-electron chi connectivity index (χ2n) is 5.93. The van der Waals surface area contributed by atoms with Crippen molar-refractivity contribution >= 4 is 10.9 Å². The van der Waals surface area contributed by atoms with E-state index in [-0.39, 0.29) is 0 Å². The Bertz CT molecular complexity index is 578. The van der Waals surface area contributed by atoms with Crippen LogP contribution in [0.1, 0.15) is 32.8 Å². The first-order valence-corrected chi connectivity index (χ1v) is 7.56. The van der Waals surface area contributed by atoms with Gasteiger partial charge >= 0.3 is 0 Å². The van der Waals surface area contributed by atoms with Gasteiger partial charge < -0.3 is 9.88 Å². The van der Waals surface area contributed by atoms with Crippen molar-refractivity contribution in [1.29, 1.82) is 0 Å². The highest BCUT2D eigenvalue weighted by molar-refractivity contribution is 5.83. The number of nitrogens with zero attached hydrogens (tertiary/aromatic N) is 1. The lowest BCUT2D eigenvalue weighted by atomic mass is 10.1. The van der Waals surface area contributed by atoms with Crippen LogP contribution in [0.15, 0.2) is 42.6 Å². The minimum absolute atomic E-state index is 0.681. The molecule has 1 aromatic carbocycles. The first kappa shape index (κ1) is 14.9. The molecule has 1 heterocycles. The molecule has 0 saturated heterocycles. The van der Waals surface area contributed by atoms with Gasteiger partial charge in [-0.25, -0.2) is 0 Å². The zero-order chi connectivity index (χ0) is 14.5. The molecule has 1 N–H and O–H groups in total. The van der Waals surface area contributed by atoms with Gasteiger partial charge in [0.1, 0.15) is 0 Å². The molecule has 0 atom stereocenters. The topological polar surface area (TPSA) is 17.0 Å². The third-order valence-electron chi connectivity index (χ3n) is 3.63. The first-order valence-electron chi connectivity index (χ1n) is 7.56. The van der Waals surface area contributed by atoms with E-state index in [0.717, 1.165) is 26.1 Å². The molecule has 1 aromatic heterocycles. The van der Waals surface area contributed by atoms with E-state index < -0.39 is 0 Å². The van der Waals surface area contributed by atoms with Gasteiger partial charge in [0.15, 0.2) is 0 Å². The maximum Gasteiger partial charge on any atom is 0.0528 e. The van der Waals surface area contributed by atoms with E-state index in [9.17, 15) is 0 Å². The highest BCUT2D eigenvalue weighted by Crippen LogP contribution is 2.21. The van der Waals surface area contributed by atoms with E-state index in [2.05, 4.69) is 67.7 Å². The zero-order valence-electron chi connectivity index (χ0n) is 12.9. The molecule has 2 rings (SSSR count). The van der Waals surface area contributed by atoms with Crippen molar-refractivity contribution in [2.24, 2.45) is 5.92 Å². The summed E-state index contributed by atoms with van der Waals surface area (Å²) in [5, 5.41) is 4.86. The molecule has 2 heteroatoms. The van der Waals surface area contributed by atoms with Crippen molar-refractivity contribution in [1.82, 2.24) is 9.88 Å². The van der Waals surface area contributed by atoms with Crippen molar-refractivity contribution in [3.05, 3.63) is 48.2 Å². The molecular formula is C18H26N2. The van der Waals surface area contributed by atoms with Crippen LogP contribution < -0.4 is 5.32 Å². The number of fused-ring (bicyclic) bond motifs is 1. The summed E-state index contributed by atoms with van der Waals surface area (Å²) in [6, 6.07) is 8.76. The highest BCUT2D eigenvalue weighted by Gasteiger charge is 2.07. The molecule has 0 aliphatic carbocycles. The lowest BCUT2D eigenvalue weighted by molar-refractivity contribution is 0.552. The van der Waals surface area contributed by atoms with Crippen LogP contribution in [0.4, 0.5) is 0 Å². The molecule has 20 heavy (non-hydrogen) atoms. The lowest BCUT2D eigenvalue weighted by Crippen LogP contribution is -2.19. The summed E-state index contributed by atoms with van der Waals surface area (Å²) in [5.41, 5.74) is 3.99. The van der Waals surface area contributed by atoms with Crippen LogP contribution in [0.5, 0.6) is 0 Å². The zero-order valence-corrected chi connectivity index (χ0v) is 12.9. The van der Waals surface area contributed by atoms with E-state index in [4.69, 9.17) is 0 Å². The van der Waals surface area contributed by atoms with Gasteiger partial charge in [-0.15, -0.1) is 0 Å². The monoisotopic (exact) mass is 270 g/mol. The van der Waals surface area contributed by atoms with Crippen molar-refractivity contribution < 1.29 is 0 Å². The van der Waals surface area contributed by atoms with Crippen molar-refractivity contribution in [2.75, 3.05) is 6.54 Å². The molecule has 0 radical (unpaired) electrons.